The van der Waals surface area contributed by atoms with Crippen molar-refractivity contribution in [1.82, 2.24) is 15.1 Å². The summed E-state index contributed by atoms with van der Waals surface area (Å²) in [5.41, 5.74) is 3.26. The smallest absolute Gasteiger partial charge is 0.197 e. The highest BCUT2D eigenvalue weighted by Gasteiger charge is 2.18. The van der Waals surface area contributed by atoms with Crippen molar-refractivity contribution in [2.24, 2.45) is 0 Å². The van der Waals surface area contributed by atoms with Crippen LogP contribution >= 0.6 is 11.6 Å². The summed E-state index contributed by atoms with van der Waals surface area (Å²) in [6, 6.07) is 4.20. The molecule has 1 unspecified atom stereocenters. The van der Waals surface area contributed by atoms with Gasteiger partial charge in [-0.15, -0.1) is 0 Å². The van der Waals surface area contributed by atoms with Crippen LogP contribution in [0.5, 0.6) is 0 Å². The van der Waals surface area contributed by atoms with Crippen LogP contribution in [0.25, 0.3) is 0 Å². The van der Waals surface area contributed by atoms with Crippen LogP contribution in [0.3, 0.4) is 0 Å². The van der Waals surface area contributed by atoms with Crippen molar-refractivity contribution >= 4 is 11.6 Å². The second kappa shape index (κ2) is 6.26. The van der Waals surface area contributed by atoms with Crippen molar-refractivity contribution in [3.63, 3.8) is 0 Å². The van der Waals surface area contributed by atoms with Gasteiger partial charge in [0.2, 0.25) is 0 Å². The summed E-state index contributed by atoms with van der Waals surface area (Å²) in [5.74, 6) is 0. The summed E-state index contributed by atoms with van der Waals surface area (Å²) < 4.78 is 7.23. The van der Waals surface area contributed by atoms with E-state index < -0.39 is 0 Å². The second-order valence-corrected chi connectivity index (χ2v) is 4.90. The number of likely N-dealkylation sites (N-methyl/N-ethyl adjacent to an activating group) is 1. The van der Waals surface area contributed by atoms with E-state index in [1.165, 1.54) is 5.69 Å². The lowest BCUT2D eigenvalue weighted by Crippen LogP contribution is -2.24. The van der Waals surface area contributed by atoms with Crippen molar-refractivity contribution < 1.29 is 4.42 Å². The Labute approximate surface area is 118 Å². The van der Waals surface area contributed by atoms with E-state index >= 15 is 0 Å². The van der Waals surface area contributed by atoms with Crippen molar-refractivity contribution in [2.75, 3.05) is 6.54 Å². The summed E-state index contributed by atoms with van der Waals surface area (Å²) in [5, 5.41) is 8.39. The summed E-state index contributed by atoms with van der Waals surface area (Å²) in [4.78, 5) is 0. The Morgan fingerprint density at radius 2 is 2.26 bits per heavy atom. The number of furan rings is 1. The van der Waals surface area contributed by atoms with Crippen LogP contribution in [0.4, 0.5) is 0 Å². The van der Waals surface area contributed by atoms with Gasteiger partial charge in [0.15, 0.2) is 5.22 Å². The van der Waals surface area contributed by atoms with E-state index in [1.54, 1.807) is 6.26 Å². The molecule has 1 N–H and O–H groups in total. The Morgan fingerprint density at radius 3 is 2.84 bits per heavy atom. The molecule has 19 heavy (non-hydrogen) atoms. The van der Waals surface area contributed by atoms with E-state index in [-0.39, 0.29) is 6.04 Å². The number of aromatic nitrogens is 2. The van der Waals surface area contributed by atoms with Gasteiger partial charge in [0.25, 0.3) is 0 Å². The molecule has 2 rings (SSSR count). The molecule has 104 valence electrons. The van der Waals surface area contributed by atoms with E-state index in [9.17, 15) is 0 Å². The third-order valence-electron chi connectivity index (χ3n) is 3.17. The molecule has 0 radical (unpaired) electrons. The van der Waals surface area contributed by atoms with Crippen LogP contribution in [0.15, 0.2) is 22.8 Å². The number of hydrogen-bond acceptors (Lipinski definition) is 3. The molecular weight excluding hydrogens is 262 g/mol. The maximum Gasteiger partial charge on any atom is 0.197 e. The maximum absolute atomic E-state index is 6.09. The number of nitrogens with zero attached hydrogens (tertiary/aromatic N) is 2. The Bertz CT molecular complexity index is 533. The molecule has 0 aliphatic rings. The molecule has 5 heteroatoms. The average molecular weight is 282 g/mol. The van der Waals surface area contributed by atoms with Crippen LogP contribution in [0.1, 0.15) is 36.8 Å². The van der Waals surface area contributed by atoms with E-state index in [0.29, 0.717) is 5.22 Å². The number of halogens is 1. The molecule has 0 saturated carbocycles. The molecule has 0 aliphatic heterocycles. The number of nitrogens with one attached hydrogen (secondary N) is 1. The summed E-state index contributed by atoms with van der Waals surface area (Å²) in [6.45, 7) is 7.96. The number of hydrogen-bond donors (Lipinski definition) is 1. The molecule has 0 amide bonds. The Balaban J connectivity index is 2.23. The lowest BCUT2D eigenvalue weighted by atomic mass is 10.0. The maximum atomic E-state index is 6.09. The van der Waals surface area contributed by atoms with Crippen molar-refractivity contribution in [3.8, 4) is 0 Å². The predicted octanol–water partition coefficient (Wildman–Crippen LogP) is 3.35. The van der Waals surface area contributed by atoms with Gasteiger partial charge in [-0.2, -0.15) is 5.10 Å². The fourth-order valence-electron chi connectivity index (χ4n) is 2.34. The summed E-state index contributed by atoms with van der Waals surface area (Å²) >= 11 is 6.09. The third kappa shape index (κ3) is 3.19. The first kappa shape index (κ1) is 14.2. The van der Waals surface area contributed by atoms with Crippen molar-refractivity contribution in [2.45, 2.75) is 39.8 Å². The first-order valence-electron chi connectivity index (χ1n) is 6.65. The van der Waals surface area contributed by atoms with Gasteiger partial charge in [-0.3, -0.25) is 4.68 Å². The van der Waals surface area contributed by atoms with Crippen LogP contribution in [-0.2, 0) is 13.0 Å². The van der Waals surface area contributed by atoms with Crippen LogP contribution in [-0.4, -0.2) is 16.3 Å². The van der Waals surface area contributed by atoms with Gasteiger partial charge in [-0.1, -0.05) is 6.92 Å². The molecular formula is C14H20ClN3O. The third-order valence-corrected chi connectivity index (χ3v) is 3.48. The van der Waals surface area contributed by atoms with Crippen LogP contribution in [0.2, 0.25) is 5.22 Å². The van der Waals surface area contributed by atoms with Gasteiger partial charge >= 0.3 is 0 Å². The van der Waals surface area contributed by atoms with E-state index in [1.807, 2.05) is 17.7 Å². The molecule has 2 aromatic rings. The van der Waals surface area contributed by atoms with Crippen LogP contribution in [0, 0.1) is 6.92 Å². The highest BCUT2D eigenvalue weighted by Crippen LogP contribution is 2.27. The zero-order chi connectivity index (χ0) is 13.8. The largest absolute Gasteiger partial charge is 0.453 e. The Kier molecular flexibility index (Phi) is 4.66. The normalized spacial score (nSPS) is 12.8. The van der Waals surface area contributed by atoms with Gasteiger partial charge in [0.1, 0.15) is 0 Å². The van der Waals surface area contributed by atoms with E-state index in [2.05, 4.69) is 30.3 Å². The first-order valence-corrected chi connectivity index (χ1v) is 7.03. The van der Waals surface area contributed by atoms with Gasteiger partial charge in [0.05, 0.1) is 12.0 Å². The Morgan fingerprint density at radius 1 is 1.47 bits per heavy atom. The minimum Gasteiger partial charge on any atom is -0.453 e. The predicted molar refractivity (Wildman–Crippen MR) is 76.5 cm³/mol. The zero-order valence-electron chi connectivity index (χ0n) is 11.6. The Hall–Kier alpha value is -1.26. The molecule has 0 saturated heterocycles. The highest BCUT2D eigenvalue weighted by molar-refractivity contribution is 6.29. The minimum atomic E-state index is 0.151. The molecule has 0 fully saturated rings. The number of aryl methyl sites for hydroxylation is 2. The van der Waals surface area contributed by atoms with Gasteiger partial charge in [-0.05, 0) is 44.1 Å². The molecule has 0 spiro atoms. The standard InChI is InChI=1S/C14H20ClN3O/c1-4-16-13(12-6-7-19-14(12)15)9-11-8-10(3)17-18(11)5-2/h6-8,13,16H,4-5,9H2,1-3H3. The van der Waals surface area contributed by atoms with E-state index in [4.69, 9.17) is 16.0 Å². The summed E-state index contributed by atoms with van der Waals surface area (Å²) in [7, 11) is 0. The lowest BCUT2D eigenvalue weighted by molar-refractivity contribution is 0.504. The first-order chi connectivity index (χ1) is 9.15. The fourth-order valence-corrected chi connectivity index (χ4v) is 2.58. The summed E-state index contributed by atoms with van der Waals surface area (Å²) in [6.07, 6.45) is 2.48. The zero-order valence-corrected chi connectivity index (χ0v) is 12.4. The highest BCUT2D eigenvalue weighted by atomic mass is 35.5. The molecule has 4 nitrogen and oxygen atoms in total. The molecule has 2 heterocycles. The molecule has 0 bridgehead atoms. The van der Waals surface area contributed by atoms with E-state index in [0.717, 1.165) is 30.8 Å². The fraction of sp³-hybridized carbons (Fsp3) is 0.500. The second-order valence-electron chi connectivity index (χ2n) is 4.56. The molecule has 0 aliphatic carbocycles. The van der Waals surface area contributed by atoms with Crippen LogP contribution < -0.4 is 5.32 Å². The SMILES string of the molecule is CCNC(Cc1cc(C)nn1CC)c1ccoc1Cl. The quantitative estimate of drug-likeness (QED) is 0.883. The number of rotatable bonds is 6. The van der Waals surface area contributed by atoms with Crippen molar-refractivity contribution in [1.29, 1.82) is 0 Å². The van der Waals surface area contributed by atoms with Crippen molar-refractivity contribution in [3.05, 3.63) is 40.6 Å². The monoisotopic (exact) mass is 281 g/mol. The molecule has 2 aromatic heterocycles. The minimum absolute atomic E-state index is 0.151. The lowest BCUT2D eigenvalue weighted by Gasteiger charge is -2.17. The molecule has 1 atom stereocenters. The average Bonchev–Trinajstić information content (AvgIpc) is 2.94. The topological polar surface area (TPSA) is 43.0 Å². The molecule has 0 aromatic carbocycles. The van der Waals surface area contributed by atoms with Gasteiger partial charge in [0, 0.05) is 30.3 Å². The van der Waals surface area contributed by atoms with Gasteiger partial charge < -0.3 is 9.73 Å². The van der Waals surface area contributed by atoms with Gasteiger partial charge in [-0.25, -0.2) is 0 Å².